The average molecular weight is 592 g/mol. The highest BCUT2D eigenvalue weighted by atomic mass is 35.5. The normalized spacial score (nSPS) is 30.1. The van der Waals surface area contributed by atoms with Gasteiger partial charge in [0.2, 0.25) is 11.8 Å². The van der Waals surface area contributed by atoms with Gasteiger partial charge in [0.15, 0.2) is 0 Å². The van der Waals surface area contributed by atoms with E-state index >= 15 is 0 Å². The minimum absolute atomic E-state index is 0.135. The molecule has 1 spiro atoms. The molecule has 3 aliphatic heterocycles. The maximum atomic E-state index is 14.7. The number of hydrogen-bond donors (Lipinski definition) is 1. The number of fused-ring (bicyclic) bond motifs is 1. The van der Waals surface area contributed by atoms with Crippen molar-refractivity contribution < 1.29 is 24.2 Å². The Bertz CT molecular complexity index is 1400. The van der Waals surface area contributed by atoms with Crippen LogP contribution in [0.2, 0.25) is 5.02 Å². The number of rotatable bonds is 10. The lowest BCUT2D eigenvalue weighted by atomic mass is 9.62. The number of nitrogens with zero attached hydrogens (tertiary/aromatic N) is 3. The molecule has 0 aromatic heterocycles. The second-order valence-corrected chi connectivity index (χ2v) is 12.2. The van der Waals surface area contributed by atoms with Gasteiger partial charge in [0, 0.05) is 18.8 Å². The molecule has 2 bridgehead atoms. The Hall–Kier alpha value is -3.46. The maximum Gasteiger partial charge on any atom is 0.253 e. The zero-order valence-electron chi connectivity index (χ0n) is 24.3. The van der Waals surface area contributed by atoms with E-state index in [1.165, 1.54) is 9.80 Å². The topological polar surface area (TPSA) is 90.4 Å². The van der Waals surface area contributed by atoms with Gasteiger partial charge in [0.05, 0.1) is 40.8 Å². The number of aliphatic hydroxyl groups excluding tert-OH is 1. The van der Waals surface area contributed by atoms with Crippen molar-refractivity contribution in [3.05, 3.63) is 84.9 Å². The highest BCUT2D eigenvalue weighted by Crippen LogP contribution is 2.66. The van der Waals surface area contributed by atoms with Crippen LogP contribution in [-0.4, -0.2) is 70.7 Å². The highest BCUT2D eigenvalue weighted by molar-refractivity contribution is 6.34. The van der Waals surface area contributed by atoms with E-state index in [2.05, 4.69) is 13.2 Å². The monoisotopic (exact) mass is 591 g/mol. The Morgan fingerprint density at radius 2 is 1.71 bits per heavy atom. The van der Waals surface area contributed by atoms with Crippen LogP contribution < -0.4 is 9.80 Å². The summed E-state index contributed by atoms with van der Waals surface area (Å²) in [6.07, 6.45) is 3.66. The minimum Gasteiger partial charge on any atom is -0.394 e. The first-order valence-electron chi connectivity index (χ1n) is 14.3. The number of aliphatic hydroxyl groups is 1. The first-order valence-corrected chi connectivity index (χ1v) is 14.7. The lowest BCUT2D eigenvalue weighted by Crippen LogP contribution is -2.58. The molecule has 1 N–H and O–H groups in total. The van der Waals surface area contributed by atoms with E-state index in [1.54, 1.807) is 48.2 Å². The number of ether oxygens (including phenoxy) is 1. The molecular formula is C33H38ClN3O5. The number of halogens is 1. The van der Waals surface area contributed by atoms with Crippen LogP contribution in [0.5, 0.6) is 0 Å². The van der Waals surface area contributed by atoms with Gasteiger partial charge in [-0.2, -0.15) is 0 Å². The molecule has 9 heteroatoms. The van der Waals surface area contributed by atoms with Gasteiger partial charge in [0.25, 0.3) is 5.91 Å². The van der Waals surface area contributed by atoms with Crippen molar-refractivity contribution in [3.8, 4) is 0 Å². The highest BCUT2D eigenvalue weighted by Gasteiger charge is 2.80. The van der Waals surface area contributed by atoms with Crippen LogP contribution in [0.3, 0.4) is 0 Å². The van der Waals surface area contributed by atoms with Crippen LogP contribution in [-0.2, 0) is 19.1 Å². The van der Waals surface area contributed by atoms with Crippen LogP contribution in [0.4, 0.5) is 11.4 Å². The molecule has 42 heavy (non-hydrogen) atoms. The summed E-state index contributed by atoms with van der Waals surface area (Å²) >= 11 is 6.54. The third kappa shape index (κ3) is 4.39. The predicted molar refractivity (Wildman–Crippen MR) is 163 cm³/mol. The van der Waals surface area contributed by atoms with Gasteiger partial charge in [-0.05, 0) is 50.5 Å². The summed E-state index contributed by atoms with van der Waals surface area (Å²) < 4.78 is 6.88. The number of carbonyl (C=O) groups excluding carboxylic acids is 3. The van der Waals surface area contributed by atoms with Gasteiger partial charge in [-0.3, -0.25) is 14.4 Å². The lowest BCUT2D eigenvalue weighted by molar-refractivity contribution is -0.148. The van der Waals surface area contributed by atoms with Crippen molar-refractivity contribution in [2.45, 2.75) is 50.5 Å². The van der Waals surface area contributed by atoms with Crippen LogP contribution in [0, 0.1) is 17.8 Å². The first kappa shape index (κ1) is 30.0. The van der Waals surface area contributed by atoms with Crippen LogP contribution in [0.15, 0.2) is 79.9 Å². The van der Waals surface area contributed by atoms with Crippen molar-refractivity contribution in [1.29, 1.82) is 0 Å². The molecule has 3 fully saturated rings. The maximum absolute atomic E-state index is 14.7. The fourth-order valence-corrected chi connectivity index (χ4v) is 7.61. The fourth-order valence-electron chi connectivity index (χ4n) is 7.38. The zero-order valence-corrected chi connectivity index (χ0v) is 25.0. The molecule has 5 rings (SSSR count). The summed E-state index contributed by atoms with van der Waals surface area (Å²) in [6, 6.07) is 14.5. The average Bonchev–Trinajstić information content (AvgIpc) is 3.51. The first-order chi connectivity index (χ1) is 20.1. The SMILES string of the molecule is C=CCN(C(=O)[C@@H]1[C@H]2C(=O)N([C@H](C)CO)C(C(=O)N(CC=C)c3ccccc3Cl)C23CC(C)[C@@]1(C)O3)c1ccccc1. The number of benzene rings is 2. The van der Waals surface area contributed by atoms with E-state index in [-0.39, 0.29) is 37.4 Å². The summed E-state index contributed by atoms with van der Waals surface area (Å²) in [6.45, 7) is 13.3. The van der Waals surface area contributed by atoms with Crippen LogP contribution >= 0.6 is 11.6 Å². The van der Waals surface area contributed by atoms with E-state index in [0.717, 1.165) is 0 Å². The molecule has 3 heterocycles. The summed E-state index contributed by atoms with van der Waals surface area (Å²) in [5.41, 5.74) is -1.10. The summed E-state index contributed by atoms with van der Waals surface area (Å²) in [5, 5.41) is 10.6. The summed E-state index contributed by atoms with van der Waals surface area (Å²) in [5.74, 6) is -2.92. The third-order valence-electron chi connectivity index (χ3n) is 9.36. The Balaban J connectivity index is 1.65. The summed E-state index contributed by atoms with van der Waals surface area (Å²) in [7, 11) is 0. The van der Waals surface area contributed by atoms with Crippen molar-refractivity contribution in [2.24, 2.45) is 17.8 Å². The molecule has 0 saturated carbocycles. The van der Waals surface area contributed by atoms with E-state index in [4.69, 9.17) is 16.3 Å². The molecule has 2 aromatic carbocycles. The molecule has 3 saturated heterocycles. The van der Waals surface area contributed by atoms with Crippen molar-refractivity contribution >= 4 is 40.7 Å². The molecule has 7 atom stereocenters. The molecule has 2 aromatic rings. The lowest BCUT2D eigenvalue weighted by Gasteiger charge is -2.39. The Morgan fingerprint density at radius 1 is 1.10 bits per heavy atom. The minimum atomic E-state index is -1.27. The molecular weight excluding hydrogens is 554 g/mol. The molecule has 3 amide bonds. The van der Waals surface area contributed by atoms with E-state index in [0.29, 0.717) is 22.8 Å². The van der Waals surface area contributed by atoms with Crippen molar-refractivity contribution in [1.82, 2.24) is 4.90 Å². The number of anilines is 2. The van der Waals surface area contributed by atoms with Gasteiger partial charge in [-0.1, -0.05) is 61.0 Å². The molecule has 3 unspecified atom stereocenters. The van der Waals surface area contributed by atoms with E-state index in [1.807, 2.05) is 44.2 Å². The van der Waals surface area contributed by atoms with Gasteiger partial charge < -0.3 is 24.5 Å². The third-order valence-corrected chi connectivity index (χ3v) is 9.68. The van der Waals surface area contributed by atoms with Crippen molar-refractivity contribution in [3.63, 3.8) is 0 Å². The Kier molecular flexibility index (Phi) is 8.09. The standard InChI is InChI=1S/C33H38ClN3O5/c1-6-17-35(23-13-9-8-10-14-23)29(39)26-27-30(40)37(22(4)20-38)28(33(27)19-21(3)32(26,5)42-33)31(41)36(18-7-2)25-16-12-11-15-24(25)34/h6-16,21-22,26-28,38H,1-2,17-20H2,3-5H3/t21?,22-,26+,27+,28?,32-,33?/m1/s1. The Morgan fingerprint density at radius 3 is 2.33 bits per heavy atom. The largest absolute Gasteiger partial charge is 0.394 e. The number of likely N-dealkylation sites (tertiary alicyclic amines) is 1. The Labute approximate surface area is 252 Å². The second-order valence-electron chi connectivity index (χ2n) is 11.7. The number of carbonyl (C=O) groups is 3. The van der Waals surface area contributed by atoms with Crippen molar-refractivity contribution in [2.75, 3.05) is 29.5 Å². The quantitative estimate of drug-likeness (QED) is 0.412. The zero-order chi connectivity index (χ0) is 30.4. The molecule has 3 aliphatic rings. The molecule has 0 radical (unpaired) electrons. The van der Waals surface area contributed by atoms with Gasteiger partial charge in [0.1, 0.15) is 11.6 Å². The molecule has 0 aliphatic carbocycles. The second kappa shape index (κ2) is 11.3. The fraction of sp³-hybridized carbons (Fsp3) is 0.424. The van der Waals surface area contributed by atoms with Gasteiger partial charge >= 0.3 is 0 Å². The molecule has 8 nitrogen and oxygen atoms in total. The van der Waals surface area contributed by atoms with Crippen LogP contribution in [0.1, 0.15) is 27.2 Å². The predicted octanol–water partition coefficient (Wildman–Crippen LogP) is 4.47. The summed E-state index contributed by atoms with van der Waals surface area (Å²) in [4.78, 5) is 48.3. The smallest absolute Gasteiger partial charge is 0.253 e. The number of para-hydroxylation sites is 2. The molecule has 222 valence electrons. The number of amides is 3. The van der Waals surface area contributed by atoms with Gasteiger partial charge in [-0.15, -0.1) is 13.2 Å². The van der Waals surface area contributed by atoms with Crippen LogP contribution in [0.25, 0.3) is 0 Å². The van der Waals surface area contributed by atoms with E-state index in [9.17, 15) is 19.5 Å². The van der Waals surface area contributed by atoms with E-state index < -0.39 is 41.0 Å². The van der Waals surface area contributed by atoms with Gasteiger partial charge in [-0.25, -0.2) is 0 Å². The number of hydrogen-bond acceptors (Lipinski definition) is 5.